The molecule has 0 fully saturated rings. The lowest BCUT2D eigenvalue weighted by Crippen LogP contribution is -2.15. The molecule has 0 aliphatic heterocycles. The molecule has 0 spiro atoms. The Bertz CT molecular complexity index is 1360. The molecule has 8 nitrogen and oxygen atoms in total. The first-order valence-electron chi connectivity index (χ1n) is 10.6. The van der Waals surface area contributed by atoms with Crippen molar-refractivity contribution in [1.82, 2.24) is 14.8 Å². The molecule has 3 aromatic carbocycles. The van der Waals surface area contributed by atoms with Gasteiger partial charge in [-0.15, -0.1) is 10.2 Å². The summed E-state index contributed by atoms with van der Waals surface area (Å²) in [5, 5.41) is 14.3. The molecule has 0 radical (unpaired) electrons. The third-order valence-corrected chi connectivity index (χ3v) is 5.82. The number of nitrogens with zero attached hydrogens (tertiary/aromatic N) is 3. The smallest absolute Gasteiger partial charge is 0.234 e. The number of rotatable bonds is 8. The van der Waals surface area contributed by atoms with E-state index in [1.807, 2.05) is 30.3 Å². The van der Waals surface area contributed by atoms with Gasteiger partial charge < -0.3 is 15.4 Å². The fraction of sp³-hybridized carbons (Fsp3) is 0.120. The van der Waals surface area contributed by atoms with Crippen LogP contribution in [0.2, 0.25) is 0 Å². The van der Waals surface area contributed by atoms with Crippen LogP contribution in [0.4, 0.5) is 15.8 Å². The van der Waals surface area contributed by atoms with Gasteiger partial charge in [0.25, 0.3) is 0 Å². The van der Waals surface area contributed by atoms with Crippen molar-refractivity contribution in [3.8, 4) is 22.8 Å². The van der Waals surface area contributed by atoms with E-state index in [1.54, 1.807) is 41.0 Å². The molecule has 0 bridgehead atoms. The Morgan fingerprint density at radius 1 is 1.00 bits per heavy atom. The van der Waals surface area contributed by atoms with Gasteiger partial charge in [-0.2, -0.15) is 0 Å². The maximum absolute atomic E-state index is 14.5. The number of amides is 2. The van der Waals surface area contributed by atoms with Gasteiger partial charge in [0.2, 0.25) is 11.8 Å². The topological polar surface area (TPSA) is 98.1 Å². The maximum atomic E-state index is 14.5. The number of hydrogen-bond acceptors (Lipinski definition) is 6. The zero-order valence-corrected chi connectivity index (χ0v) is 19.8. The van der Waals surface area contributed by atoms with Gasteiger partial charge in [-0.1, -0.05) is 42.1 Å². The number of carbonyl (C=O) groups excluding carboxylic acids is 2. The van der Waals surface area contributed by atoms with Crippen LogP contribution >= 0.6 is 11.8 Å². The van der Waals surface area contributed by atoms with Crippen LogP contribution in [0.1, 0.15) is 6.92 Å². The van der Waals surface area contributed by atoms with Crippen LogP contribution < -0.4 is 15.4 Å². The minimum Gasteiger partial charge on any atom is -0.495 e. The summed E-state index contributed by atoms with van der Waals surface area (Å²) < 4.78 is 21.5. The summed E-state index contributed by atoms with van der Waals surface area (Å²) >= 11 is 1.17. The summed E-state index contributed by atoms with van der Waals surface area (Å²) in [5.41, 5.74) is 2.00. The van der Waals surface area contributed by atoms with Crippen LogP contribution in [0.5, 0.6) is 5.75 Å². The molecule has 178 valence electrons. The van der Waals surface area contributed by atoms with Crippen molar-refractivity contribution in [2.75, 3.05) is 23.5 Å². The van der Waals surface area contributed by atoms with E-state index in [1.165, 1.54) is 31.9 Å². The highest BCUT2D eigenvalue weighted by Crippen LogP contribution is 2.30. The van der Waals surface area contributed by atoms with Crippen LogP contribution in [-0.4, -0.2) is 39.4 Å². The molecule has 1 aromatic heterocycles. The number of methoxy groups -OCH3 is 1. The van der Waals surface area contributed by atoms with Gasteiger partial charge >= 0.3 is 0 Å². The van der Waals surface area contributed by atoms with Crippen LogP contribution in [0, 0.1) is 5.82 Å². The van der Waals surface area contributed by atoms with Gasteiger partial charge in [-0.05, 0) is 42.5 Å². The molecule has 10 heteroatoms. The standard InChI is InChI=1S/C25H22FN5O3S/c1-16(32)27-21-14-17(12-13-22(21)34-2)28-23(33)15-35-25-30-29-24(19-10-6-7-11-20(19)26)31(25)18-8-4-3-5-9-18/h3-14H,15H2,1-2H3,(H,27,32)(H,28,33). The van der Waals surface area contributed by atoms with Crippen LogP contribution in [0.25, 0.3) is 17.1 Å². The van der Waals surface area contributed by atoms with E-state index in [4.69, 9.17) is 4.74 Å². The van der Waals surface area contributed by atoms with Crippen LogP contribution in [-0.2, 0) is 9.59 Å². The lowest BCUT2D eigenvalue weighted by molar-refractivity contribution is -0.114. The van der Waals surface area contributed by atoms with Gasteiger partial charge in [-0.3, -0.25) is 14.2 Å². The lowest BCUT2D eigenvalue weighted by atomic mass is 10.2. The summed E-state index contributed by atoms with van der Waals surface area (Å²) in [6.07, 6.45) is 0. The lowest BCUT2D eigenvalue weighted by Gasteiger charge is -2.12. The highest BCUT2D eigenvalue weighted by atomic mass is 32.2. The molecule has 4 aromatic rings. The van der Waals surface area contributed by atoms with E-state index in [9.17, 15) is 14.0 Å². The molecule has 2 amide bonds. The summed E-state index contributed by atoms with van der Waals surface area (Å²) in [6.45, 7) is 1.39. The van der Waals surface area contributed by atoms with Crippen molar-refractivity contribution >= 4 is 35.0 Å². The molecule has 35 heavy (non-hydrogen) atoms. The average Bonchev–Trinajstić information content (AvgIpc) is 3.27. The van der Waals surface area contributed by atoms with Gasteiger partial charge in [0.1, 0.15) is 11.6 Å². The fourth-order valence-corrected chi connectivity index (χ4v) is 4.14. The Balaban J connectivity index is 1.55. The number of hydrogen-bond donors (Lipinski definition) is 2. The second kappa shape index (κ2) is 10.8. The molecular formula is C25H22FN5O3S. The molecule has 1 heterocycles. The number of carbonyl (C=O) groups is 2. The minimum atomic E-state index is -0.416. The number of nitrogens with one attached hydrogen (secondary N) is 2. The highest BCUT2D eigenvalue weighted by molar-refractivity contribution is 7.99. The Hall–Kier alpha value is -4.18. The second-order valence-corrected chi connectivity index (χ2v) is 8.33. The Kier molecular flexibility index (Phi) is 7.41. The third-order valence-electron chi connectivity index (χ3n) is 4.89. The quantitative estimate of drug-likeness (QED) is 0.345. The largest absolute Gasteiger partial charge is 0.495 e. The van der Waals surface area contributed by atoms with Crippen molar-refractivity contribution in [2.24, 2.45) is 0 Å². The number of aromatic nitrogens is 3. The zero-order valence-electron chi connectivity index (χ0n) is 19.0. The zero-order chi connectivity index (χ0) is 24.8. The first-order chi connectivity index (χ1) is 17.0. The number of thioether (sulfide) groups is 1. The fourth-order valence-electron chi connectivity index (χ4n) is 3.39. The summed E-state index contributed by atoms with van der Waals surface area (Å²) in [5.74, 6) is -0.112. The van der Waals surface area contributed by atoms with Crippen LogP contribution in [0.15, 0.2) is 78.0 Å². The van der Waals surface area contributed by atoms with Gasteiger partial charge in [0.05, 0.1) is 24.1 Å². The average molecular weight is 492 g/mol. The molecule has 0 aliphatic rings. The van der Waals surface area contributed by atoms with Crippen molar-refractivity contribution in [3.63, 3.8) is 0 Å². The second-order valence-electron chi connectivity index (χ2n) is 7.39. The number of halogens is 1. The van der Waals surface area contributed by atoms with Gasteiger partial charge in [0, 0.05) is 18.3 Å². The van der Waals surface area contributed by atoms with E-state index >= 15 is 0 Å². The molecule has 0 saturated heterocycles. The predicted molar refractivity (Wildman–Crippen MR) is 133 cm³/mol. The monoisotopic (exact) mass is 491 g/mol. The third kappa shape index (κ3) is 5.67. The van der Waals surface area contributed by atoms with E-state index in [0.717, 1.165) is 5.69 Å². The molecule has 4 rings (SSSR count). The molecular weight excluding hydrogens is 469 g/mol. The molecule has 0 unspecified atom stereocenters. The van der Waals surface area contributed by atoms with Crippen molar-refractivity contribution in [3.05, 3.63) is 78.6 Å². The Morgan fingerprint density at radius 3 is 2.46 bits per heavy atom. The van der Waals surface area contributed by atoms with E-state index in [2.05, 4.69) is 20.8 Å². The summed E-state index contributed by atoms with van der Waals surface area (Å²) in [4.78, 5) is 24.1. The van der Waals surface area contributed by atoms with Crippen molar-refractivity contribution < 1.29 is 18.7 Å². The Morgan fingerprint density at radius 2 is 1.74 bits per heavy atom. The number of ether oxygens (including phenoxy) is 1. The number of anilines is 2. The van der Waals surface area contributed by atoms with E-state index < -0.39 is 5.82 Å². The molecule has 0 aliphatic carbocycles. The Labute approximate surface area is 205 Å². The minimum absolute atomic E-state index is 0.0315. The molecule has 2 N–H and O–H groups in total. The maximum Gasteiger partial charge on any atom is 0.234 e. The van der Waals surface area contributed by atoms with Crippen molar-refractivity contribution in [2.45, 2.75) is 12.1 Å². The SMILES string of the molecule is COc1ccc(NC(=O)CSc2nnc(-c3ccccc3F)n2-c2ccccc2)cc1NC(C)=O. The van der Waals surface area contributed by atoms with Crippen molar-refractivity contribution in [1.29, 1.82) is 0 Å². The van der Waals surface area contributed by atoms with Gasteiger partial charge in [0.15, 0.2) is 11.0 Å². The normalized spacial score (nSPS) is 10.6. The number of benzene rings is 3. The summed E-state index contributed by atoms with van der Waals surface area (Å²) in [6, 6.07) is 20.6. The predicted octanol–water partition coefficient (Wildman–Crippen LogP) is 4.77. The molecule has 0 saturated carbocycles. The highest BCUT2D eigenvalue weighted by Gasteiger charge is 2.19. The van der Waals surface area contributed by atoms with Gasteiger partial charge in [-0.25, -0.2) is 4.39 Å². The van der Waals surface area contributed by atoms with E-state index in [-0.39, 0.29) is 17.6 Å². The molecule has 0 atom stereocenters. The first-order valence-corrected chi connectivity index (χ1v) is 11.6. The van der Waals surface area contributed by atoms with E-state index in [0.29, 0.717) is 33.7 Å². The number of para-hydroxylation sites is 1. The summed E-state index contributed by atoms with van der Waals surface area (Å²) in [7, 11) is 1.49. The first kappa shape index (κ1) is 24.0. The van der Waals surface area contributed by atoms with Crippen LogP contribution in [0.3, 0.4) is 0 Å².